The number of ether oxygens (including phenoxy) is 1. The van der Waals surface area contributed by atoms with E-state index >= 15 is 0 Å². The molecule has 1 atom stereocenters. The van der Waals surface area contributed by atoms with Crippen molar-refractivity contribution < 1.29 is 18.3 Å². The summed E-state index contributed by atoms with van der Waals surface area (Å²) in [6, 6.07) is 10.5. The summed E-state index contributed by atoms with van der Waals surface area (Å²) in [4.78, 5) is 34.6. The molecule has 1 N–H and O–H groups in total. The number of aromatic amines is 1. The molecule has 1 aromatic carbocycles. The highest BCUT2D eigenvalue weighted by molar-refractivity contribution is 7.18. The fraction of sp³-hybridized carbons (Fsp3) is 0.250. The average molecular weight is 463 g/mol. The first-order valence-electron chi connectivity index (χ1n) is 10.5. The highest BCUT2D eigenvalue weighted by atomic mass is 32.1. The first-order chi connectivity index (χ1) is 16.0. The molecule has 7 nitrogen and oxygen atoms in total. The van der Waals surface area contributed by atoms with Gasteiger partial charge in [0.25, 0.3) is 5.56 Å². The van der Waals surface area contributed by atoms with Gasteiger partial charge in [0.2, 0.25) is 5.78 Å². The summed E-state index contributed by atoms with van der Waals surface area (Å²) in [7, 11) is 0. The van der Waals surface area contributed by atoms with Crippen LogP contribution in [0.5, 0.6) is 5.75 Å². The Labute approximate surface area is 191 Å². The maximum absolute atomic E-state index is 13.0. The minimum Gasteiger partial charge on any atom is -0.486 e. The smallest absolute Gasteiger partial charge is 0.259 e. The Morgan fingerprint density at radius 1 is 1.24 bits per heavy atom. The van der Waals surface area contributed by atoms with Gasteiger partial charge in [-0.1, -0.05) is 0 Å². The van der Waals surface area contributed by atoms with Gasteiger partial charge in [-0.25, -0.2) is 9.37 Å². The largest absolute Gasteiger partial charge is 0.486 e. The molecule has 0 amide bonds. The van der Waals surface area contributed by atoms with E-state index in [0.29, 0.717) is 21.7 Å². The topological polar surface area (TPSA) is 109 Å². The molecule has 0 aliphatic heterocycles. The minimum atomic E-state index is -1.31. The van der Waals surface area contributed by atoms with E-state index in [2.05, 4.69) is 9.97 Å². The molecule has 0 bridgehead atoms. The van der Waals surface area contributed by atoms with Gasteiger partial charge in [-0.15, -0.1) is 11.3 Å². The number of rotatable bonds is 6. The number of hydrogen-bond donors (Lipinski definition) is 1. The molecule has 4 aromatic rings. The van der Waals surface area contributed by atoms with E-state index in [4.69, 9.17) is 9.15 Å². The van der Waals surface area contributed by atoms with Crippen LogP contribution in [-0.4, -0.2) is 15.8 Å². The number of carbonyl (C=O) groups excluding carboxylic acids is 1. The van der Waals surface area contributed by atoms with E-state index in [9.17, 15) is 19.2 Å². The van der Waals surface area contributed by atoms with Crippen LogP contribution in [0.2, 0.25) is 0 Å². The van der Waals surface area contributed by atoms with Gasteiger partial charge in [0, 0.05) is 4.88 Å². The van der Waals surface area contributed by atoms with Crippen LogP contribution in [0.4, 0.5) is 4.39 Å². The Morgan fingerprint density at radius 2 is 2.03 bits per heavy atom. The quantitative estimate of drug-likeness (QED) is 0.417. The van der Waals surface area contributed by atoms with Crippen molar-refractivity contribution in [3.8, 4) is 11.8 Å². The molecule has 9 heteroatoms. The van der Waals surface area contributed by atoms with Crippen molar-refractivity contribution in [1.82, 2.24) is 9.97 Å². The van der Waals surface area contributed by atoms with Crippen LogP contribution in [0.3, 0.4) is 0 Å². The lowest BCUT2D eigenvalue weighted by atomic mass is 9.97. The number of ketones is 1. The van der Waals surface area contributed by atoms with Crippen molar-refractivity contribution in [3.05, 3.63) is 80.4 Å². The van der Waals surface area contributed by atoms with Crippen LogP contribution >= 0.6 is 11.3 Å². The fourth-order valence-corrected chi connectivity index (χ4v) is 5.25. The summed E-state index contributed by atoms with van der Waals surface area (Å²) in [6.45, 7) is 0.0257. The van der Waals surface area contributed by atoms with Crippen LogP contribution in [0.25, 0.3) is 10.2 Å². The van der Waals surface area contributed by atoms with Crippen molar-refractivity contribution in [2.24, 2.45) is 0 Å². The van der Waals surface area contributed by atoms with Gasteiger partial charge in [-0.2, -0.15) is 5.26 Å². The molecule has 166 valence electrons. The summed E-state index contributed by atoms with van der Waals surface area (Å²) < 4.78 is 24.1. The van der Waals surface area contributed by atoms with Gasteiger partial charge in [0.05, 0.1) is 11.5 Å². The van der Waals surface area contributed by atoms with Crippen molar-refractivity contribution in [3.63, 3.8) is 0 Å². The first kappa shape index (κ1) is 21.1. The van der Waals surface area contributed by atoms with Crippen molar-refractivity contribution >= 4 is 27.3 Å². The third-order valence-electron chi connectivity index (χ3n) is 5.61. The van der Waals surface area contributed by atoms with E-state index < -0.39 is 11.7 Å². The third kappa shape index (κ3) is 4.05. The number of furan rings is 1. The Balaban J connectivity index is 1.38. The number of hydrogen-bond acceptors (Lipinski definition) is 7. The van der Waals surface area contributed by atoms with Crippen molar-refractivity contribution in [2.45, 2.75) is 38.2 Å². The lowest BCUT2D eigenvalue weighted by Crippen LogP contribution is -2.19. The Morgan fingerprint density at radius 3 is 2.82 bits per heavy atom. The predicted octanol–water partition coefficient (Wildman–Crippen LogP) is 4.66. The molecule has 33 heavy (non-hydrogen) atoms. The van der Waals surface area contributed by atoms with Gasteiger partial charge in [-0.05, 0) is 67.6 Å². The molecule has 1 aliphatic carbocycles. The number of thiophene rings is 1. The summed E-state index contributed by atoms with van der Waals surface area (Å²) in [5.74, 6) is -1.49. The molecule has 1 unspecified atom stereocenters. The summed E-state index contributed by atoms with van der Waals surface area (Å²) in [5, 5.41) is 10.3. The van der Waals surface area contributed by atoms with Gasteiger partial charge in [0.1, 0.15) is 34.6 Å². The maximum atomic E-state index is 13.0. The molecule has 0 spiro atoms. The molecular weight excluding hydrogens is 445 g/mol. The molecule has 5 rings (SSSR count). The fourth-order valence-electron chi connectivity index (χ4n) is 3.98. The number of nitrogens with one attached hydrogen (secondary N) is 1. The number of nitrogens with zero attached hydrogens (tertiary/aromatic N) is 2. The second kappa shape index (κ2) is 8.64. The summed E-state index contributed by atoms with van der Waals surface area (Å²) >= 11 is 1.46. The molecule has 0 radical (unpaired) electrons. The number of H-pyrrole nitrogens is 1. The number of benzene rings is 1. The van der Waals surface area contributed by atoms with Crippen LogP contribution in [0, 0.1) is 17.1 Å². The number of aromatic nitrogens is 2. The van der Waals surface area contributed by atoms with Crippen molar-refractivity contribution in [2.75, 3.05) is 0 Å². The highest BCUT2D eigenvalue weighted by Gasteiger charge is 2.29. The Hall–Kier alpha value is -3.77. The van der Waals surface area contributed by atoms with Crippen LogP contribution < -0.4 is 10.3 Å². The van der Waals surface area contributed by atoms with E-state index in [0.717, 1.165) is 36.1 Å². The van der Waals surface area contributed by atoms with Gasteiger partial charge >= 0.3 is 0 Å². The Kier molecular flexibility index (Phi) is 5.52. The molecule has 3 heterocycles. The predicted molar refractivity (Wildman–Crippen MR) is 119 cm³/mol. The number of fused-ring (bicyclic) bond motifs is 3. The molecular formula is C24H18FN3O4S. The van der Waals surface area contributed by atoms with Gasteiger partial charge < -0.3 is 14.1 Å². The zero-order valence-corrected chi connectivity index (χ0v) is 18.2. The van der Waals surface area contributed by atoms with Crippen LogP contribution in [0.15, 0.2) is 45.6 Å². The molecule has 0 fully saturated rings. The number of carbonyl (C=O) groups is 1. The Bertz CT molecular complexity index is 1450. The van der Waals surface area contributed by atoms with Crippen LogP contribution in [-0.2, 0) is 19.4 Å². The summed E-state index contributed by atoms with van der Waals surface area (Å²) in [6.07, 6.45) is 3.87. The van der Waals surface area contributed by atoms with Gasteiger partial charge in [-0.3, -0.25) is 9.59 Å². The molecule has 0 saturated carbocycles. The van der Waals surface area contributed by atoms with Crippen LogP contribution in [0.1, 0.15) is 51.3 Å². The number of nitriles is 1. The minimum absolute atomic E-state index is 0.0131. The zero-order valence-electron chi connectivity index (χ0n) is 17.4. The average Bonchev–Trinajstić information content (AvgIpc) is 3.44. The second-order valence-electron chi connectivity index (χ2n) is 7.78. The second-order valence-corrected chi connectivity index (χ2v) is 8.86. The normalized spacial score (nSPS) is 13.9. The van der Waals surface area contributed by atoms with E-state index in [1.807, 2.05) is 6.07 Å². The van der Waals surface area contributed by atoms with E-state index in [1.54, 1.807) is 6.07 Å². The maximum Gasteiger partial charge on any atom is 0.259 e. The van der Waals surface area contributed by atoms with E-state index in [1.165, 1.54) is 41.7 Å². The third-order valence-corrected chi connectivity index (χ3v) is 6.79. The lowest BCUT2D eigenvalue weighted by Gasteiger charge is -2.10. The van der Waals surface area contributed by atoms with E-state index in [-0.39, 0.29) is 29.6 Å². The number of Topliss-reactive ketones (excluding diaryl/α,β-unsaturated/α-hetero) is 1. The number of aryl methyl sites for hydroxylation is 2. The lowest BCUT2D eigenvalue weighted by molar-refractivity contribution is 0.0945. The zero-order chi connectivity index (χ0) is 22.9. The van der Waals surface area contributed by atoms with Gasteiger partial charge in [0.15, 0.2) is 11.7 Å². The summed E-state index contributed by atoms with van der Waals surface area (Å²) in [5.41, 5.74) is 0.716. The number of halogens is 1. The standard InChI is InChI=1S/C24H18FN3O4S/c25-13-5-7-14(8-6-13)31-12-15-9-10-18(32-15)21(29)17(11-26)22-27-23(30)20-16-3-1-2-4-19(16)33-24(20)28-22/h5-10,17H,1-4,12H2,(H,27,28,30). The molecule has 1 aliphatic rings. The molecule has 3 aromatic heterocycles. The first-order valence-corrected chi connectivity index (χ1v) is 11.3. The molecule has 0 saturated heterocycles. The highest BCUT2D eigenvalue weighted by Crippen LogP contribution is 2.34. The van der Waals surface area contributed by atoms with Crippen molar-refractivity contribution in [1.29, 1.82) is 5.26 Å². The SMILES string of the molecule is N#CC(C(=O)c1ccc(COc2ccc(F)cc2)o1)c1nc2sc3c(c2c(=O)[nH]1)CCCC3. The monoisotopic (exact) mass is 463 g/mol.